The molecule has 0 bridgehead atoms. The molecule has 0 aliphatic carbocycles. The summed E-state index contributed by atoms with van der Waals surface area (Å²) in [4.78, 5) is 13.5. The molecule has 0 radical (unpaired) electrons. The predicted octanol–water partition coefficient (Wildman–Crippen LogP) is 5.81. The molecule has 2 rings (SSSR count). The molecule has 1 N–H and O–H groups in total. The molecule has 1 fully saturated rings. The largest absolute Gasteiger partial charge is 0.366 e. The average molecular weight is 394 g/mol. The number of hydrogen-bond acceptors (Lipinski definition) is 3. The van der Waals surface area contributed by atoms with Crippen molar-refractivity contribution in [3.05, 3.63) is 78.7 Å². The molecule has 1 aromatic rings. The van der Waals surface area contributed by atoms with Gasteiger partial charge in [0.1, 0.15) is 5.82 Å². The zero-order chi connectivity index (χ0) is 22.4. The SMILES string of the molecule is C=C/C(=C\C=C/CC1(C)CC(=O)N(C)C(=C)N1)c1cccc(C#N)c1.CC.CC. The minimum absolute atomic E-state index is 0.0651. The summed E-state index contributed by atoms with van der Waals surface area (Å²) in [5.41, 5.74) is 2.18. The molecular weight excluding hydrogens is 358 g/mol. The Balaban J connectivity index is 0.00000184. The van der Waals surface area contributed by atoms with Crippen LogP contribution in [0.3, 0.4) is 0 Å². The zero-order valence-electron chi connectivity index (χ0n) is 18.7. The van der Waals surface area contributed by atoms with E-state index in [0.717, 1.165) is 11.1 Å². The standard InChI is InChI=1S/C21H23N3O.2C2H6/c1-5-18(19-11-8-9-17(13-19)15-22)10-6-7-12-21(3)14-20(25)24(4)16(2)23-21;2*1-2/h5-11,13,23H,1-2,12,14H2,3-4H3;2*1-2H3/b7-6-,18-10+;;. The number of nitriles is 1. The molecule has 4 heteroatoms. The van der Waals surface area contributed by atoms with Crippen LogP contribution in [0, 0.1) is 11.3 Å². The highest BCUT2D eigenvalue weighted by Crippen LogP contribution is 2.24. The fourth-order valence-electron chi connectivity index (χ4n) is 2.75. The van der Waals surface area contributed by atoms with Gasteiger partial charge in [0.15, 0.2) is 0 Å². The van der Waals surface area contributed by atoms with Gasteiger partial charge in [-0.2, -0.15) is 5.26 Å². The summed E-state index contributed by atoms with van der Waals surface area (Å²) in [6, 6.07) is 9.56. The van der Waals surface area contributed by atoms with Gasteiger partial charge in [0, 0.05) is 12.6 Å². The van der Waals surface area contributed by atoms with E-state index >= 15 is 0 Å². The topological polar surface area (TPSA) is 56.1 Å². The second-order valence-corrected chi connectivity index (χ2v) is 6.41. The van der Waals surface area contributed by atoms with Gasteiger partial charge in [0.05, 0.1) is 18.1 Å². The number of benzene rings is 1. The van der Waals surface area contributed by atoms with E-state index in [2.05, 4.69) is 24.5 Å². The summed E-state index contributed by atoms with van der Waals surface area (Å²) in [7, 11) is 1.72. The highest BCUT2D eigenvalue weighted by Gasteiger charge is 2.34. The van der Waals surface area contributed by atoms with Crippen LogP contribution in [0.15, 0.2) is 67.5 Å². The zero-order valence-corrected chi connectivity index (χ0v) is 18.7. The van der Waals surface area contributed by atoms with Crippen molar-refractivity contribution < 1.29 is 4.79 Å². The molecule has 1 aromatic carbocycles. The molecular formula is C25H35N3O. The van der Waals surface area contributed by atoms with E-state index in [1.165, 1.54) is 0 Å². The minimum atomic E-state index is -0.333. The van der Waals surface area contributed by atoms with Crippen molar-refractivity contribution in [1.29, 1.82) is 5.26 Å². The molecule has 4 nitrogen and oxygen atoms in total. The summed E-state index contributed by atoms with van der Waals surface area (Å²) in [5, 5.41) is 12.3. The van der Waals surface area contributed by atoms with Crippen LogP contribution in [0.5, 0.6) is 0 Å². The average Bonchev–Trinajstić information content (AvgIpc) is 2.75. The normalized spacial score (nSPS) is 18.7. The lowest BCUT2D eigenvalue weighted by Crippen LogP contribution is -2.54. The van der Waals surface area contributed by atoms with Crippen molar-refractivity contribution >= 4 is 11.5 Å². The van der Waals surface area contributed by atoms with Crippen LogP contribution in [-0.2, 0) is 4.79 Å². The Bertz CT molecular complexity index is 779. The van der Waals surface area contributed by atoms with Crippen LogP contribution in [0.1, 0.15) is 58.6 Å². The van der Waals surface area contributed by atoms with Crippen molar-refractivity contribution in [2.45, 2.75) is 53.0 Å². The maximum absolute atomic E-state index is 12.0. The second kappa shape index (κ2) is 13.2. The van der Waals surface area contributed by atoms with E-state index in [9.17, 15) is 4.79 Å². The number of carbonyl (C=O) groups excluding carboxylic acids is 1. The third kappa shape index (κ3) is 7.83. The number of nitrogens with zero attached hydrogens (tertiary/aromatic N) is 2. The summed E-state index contributed by atoms with van der Waals surface area (Å²) < 4.78 is 0. The van der Waals surface area contributed by atoms with Crippen molar-refractivity contribution in [1.82, 2.24) is 10.2 Å². The maximum atomic E-state index is 12.0. The molecule has 0 aromatic heterocycles. The number of carbonyl (C=O) groups is 1. The van der Waals surface area contributed by atoms with Gasteiger partial charge in [-0.05, 0) is 36.6 Å². The Morgan fingerprint density at radius 3 is 2.55 bits per heavy atom. The molecule has 1 aliphatic rings. The molecule has 1 saturated heterocycles. The van der Waals surface area contributed by atoms with E-state index in [1.807, 2.05) is 71.0 Å². The quantitative estimate of drug-likeness (QED) is 0.642. The first-order valence-electron chi connectivity index (χ1n) is 10.1. The lowest BCUT2D eigenvalue weighted by Gasteiger charge is -2.40. The molecule has 0 saturated carbocycles. The van der Waals surface area contributed by atoms with Crippen molar-refractivity contribution in [3.8, 4) is 6.07 Å². The van der Waals surface area contributed by atoms with Crippen molar-refractivity contribution in [3.63, 3.8) is 0 Å². The van der Waals surface area contributed by atoms with Crippen molar-refractivity contribution in [2.24, 2.45) is 0 Å². The number of nitrogens with one attached hydrogen (secondary N) is 1. The Morgan fingerprint density at radius 1 is 1.34 bits per heavy atom. The first kappa shape index (κ1) is 25.9. The summed E-state index contributed by atoms with van der Waals surface area (Å²) in [6.45, 7) is 17.7. The predicted molar refractivity (Wildman–Crippen MR) is 124 cm³/mol. The minimum Gasteiger partial charge on any atom is -0.366 e. The lowest BCUT2D eigenvalue weighted by molar-refractivity contribution is -0.132. The molecule has 1 amide bonds. The smallest absolute Gasteiger partial charge is 0.230 e. The Labute approximate surface area is 176 Å². The lowest BCUT2D eigenvalue weighted by atomic mass is 9.90. The maximum Gasteiger partial charge on any atom is 0.230 e. The number of amides is 1. The third-order valence-corrected chi connectivity index (χ3v) is 4.29. The monoisotopic (exact) mass is 393 g/mol. The molecule has 1 aliphatic heterocycles. The summed E-state index contributed by atoms with van der Waals surface area (Å²) >= 11 is 0. The van der Waals surface area contributed by atoms with Gasteiger partial charge in [-0.15, -0.1) is 0 Å². The van der Waals surface area contributed by atoms with Crippen LogP contribution in [-0.4, -0.2) is 23.4 Å². The van der Waals surface area contributed by atoms with Gasteiger partial charge in [-0.1, -0.05) is 77.3 Å². The van der Waals surface area contributed by atoms with Gasteiger partial charge in [-0.3, -0.25) is 4.79 Å². The van der Waals surface area contributed by atoms with Gasteiger partial charge >= 0.3 is 0 Å². The fourth-order valence-corrected chi connectivity index (χ4v) is 2.75. The van der Waals surface area contributed by atoms with Crippen LogP contribution in [0.4, 0.5) is 0 Å². The Morgan fingerprint density at radius 2 is 2.00 bits per heavy atom. The summed E-state index contributed by atoms with van der Waals surface area (Å²) in [5.74, 6) is 0.693. The van der Waals surface area contributed by atoms with E-state index in [-0.39, 0.29) is 11.4 Å². The van der Waals surface area contributed by atoms with Crippen LogP contribution in [0.2, 0.25) is 0 Å². The van der Waals surface area contributed by atoms with E-state index in [4.69, 9.17) is 5.26 Å². The molecule has 1 heterocycles. The van der Waals surface area contributed by atoms with Gasteiger partial charge < -0.3 is 10.2 Å². The number of allylic oxidation sites excluding steroid dienone is 4. The Kier molecular flexibility index (Phi) is 11.8. The molecule has 1 atom stereocenters. The fraction of sp³-hybridized carbons (Fsp3) is 0.360. The molecule has 0 spiro atoms. The number of rotatable bonds is 5. The van der Waals surface area contributed by atoms with E-state index in [0.29, 0.717) is 24.2 Å². The summed E-state index contributed by atoms with van der Waals surface area (Å²) in [6.07, 6.45) is 8.82. The third-order valence-electron chi connectivity index (χ3n) is 4.29. The highest BCUT2D eigenvalue weighted by molar-refractivity contribution is 5.80. The molecule has 156 valence electrons. The first-order valence-corrected chi connectivity index (χ1v) is 10.1. The van der Waals surface area contributed by atoms with E-state index in [1.54, 1.807) is 24.1 Å². The first-order chi connectivity index (χ1) is 13.9. The van der Waals surface area contributed by atoms with Gasteiger partial charge in [0.25, 0.3) is 0 Å². The highest BCUT2D eigenvalue weighted by atomic mass is 16.2. The van der Waals surface area contributed by atoms with Crippen LogP contribution >= 0.6 is 0 Å². The number of hydrogen-bond donors (Lipinski definition) is 1. The molecule has 29 heavy (non-hydrogen) atoms. The second-order valence-electron chi connectivity index (χ2n) is 6.41. The van der Waals surface area contributed by atoms with Crippen molar-refractivity contribution in [2.75, 3.05) is 7.05 Å². The van der Waals surface area contributed by atoms with Gasteiger partial charge in [-0.25, -0.2) is 0 Å². The van der Waals surface area contributed by atoms with E-state index < -0.39 is 0 Å². The Hall–Kier alpha value is -3.06. The van der Waals surface area contributed by atoms with Gasteiger partial charge in [0.2, 0.25) is 5.91 Å². The molecule has 1 unspecified atom stereocenters. The van der Waals surface area contributed by atoms with Crippen LogP contribution < -0.4 is 5.32 Å². The van der Waals surface area contributed by atoms with Crippen LogP contribution in [0.25, 0.3) is 5.57 Å².